The first-order valence-electron chi connectivity index (χ1n) is 4.12. The van der Waals surface area contributed by atoms with Crippen molar-refractivity contribution < 1.29 is 9.36 Å². The molecule has 0 aliphatic carbocycles. The predicted octanol–water partition coefficient (Wildman–Crippen LogP) is -0.449. The van der Waals surface area contributed by atoms with Crippen molar-refractivity contribution in [2.75, 3.05) is 0 Å². The second kappa shape index (κ2) is 3.51. The maximum absolute atomic E-state index is 10.7. The Morgan fingerprint density at radius 3 is 2.77 bits per heavy atom. The van der Waals surface area contributed by atoms with E-state index in [-0.39, 0.29) is 12.3 Å². The molecule has 0 unspecified atom stereocenters. The highest BCUT2D eigenvalue weighted by molar-refractivity contribution is 5.75. The van der Waals surface area contributed by atoms with Crippen LogP contribution in [0.5, 0.6) is 0 Å². The smallest absolute Gasteiger partial charge is 0.308 e. The van der Waals surface area contributed by atoms with Gasteiger partial charge >= 0.3 is 5.82 Å². The predicted molar refractivity (Wildman–Crippen MR) is 47.8 cm³/mol. The van der Waals surface area contributed by atoms with Crippen LogP contribution in [0.2, 0.25) is 0 Å². The second-order valence-electron chi connectivity index (χ2n) is 3.16. The summed E-state index contributed by atoms with van der Waals surface area (Å²) in [6.07, 6.45) is 0.193. The Hall–Kier alpha value is -1.45. The normalized spacial score (nSPS) is 10.1. The average Bonchev–Trinajstić information content (AvgIpc) is 1.98. The van der Waals surface area contributed by atoms with Gasteiger partial charge in [-0.15, -0.1) is 0 Å². The third kappa shape index (κ3) is 2.24. The van der Waals surface area contributed by atoms with Crippen molar-refractivity contribution >= 4 is 5.91 Å². The lowest BCUT2D eigenvalue weighted by Crippen LogP contribution is -2.40. The minimum atomic E-state index is -0.354. The Bertz CT molecular complexity index is 347. The summed E-state index contributed by atoms with van der Waals surface area (Å²) in [4.78, 5) is 14.9. The van der Waals surface area contributed by atoms with E-state index in [1.807, 2.05) is 31.5 Å². The SMILES string of the molecule is Cc1cc(C)[n+](C)c(CC(N)=O)n1. The second-order valence-corrected chi connectivity index (χ2v) is 3.16. The van der Waals surface area contributed by atoms with E-state index in [4.69, 9.17) is 5.73 Å². The molecule has 0 spiro atoms. The zero-order valence-electron chi connectivity index (χ0n) is 8.16. The number of carbonyl (C=O) groups is 1. The molecule has 1 amide bonds. The number of aryl methyl sites for hydroxylation is 2. The summed E-state index contributed by atoms with van der Waals surface area (Å²) >= 11 is 0. The third-order valence-corrected chi connectivity index (χ3v) is 1.97. The zero-order chi connectivity index (χ0) is 10.0. The maximum atomic E-state index is 10.7. The van der Waals surface area contributed by atoms with Crippen molar-refractivity contribution in [3.63, 3.8) is 0 Å². The van der Waals surface area contributed by atoms with Gasteiger partial charge in [0.15, 0.2) is 5.69 Å². The van der Waals surface area contributed by atoms with Gasteiger partial charge in [0.25, 0.3) is 0 Å². The lowest BCUT2D eigenvalue weighted by molar-refractivity contribution is -0.687. The van der Waals surface area contributed by atoms with E-state index in [9.17, 15) is 4.79 Å². The first kappa shape index (κ1) is 9.64. The zero-order valence-corrected chi connectivity index (χ0v) is 8.16. The fourth-order valence-electron chi connectivity index (χ4n) is 1.23. The van der Waals surface area contributed by atoms with Gasteiger partial charge in [-0.2, -0.15) is 0 Å². The van der Waals surface area contributed by atoms with E-state index >= 15 is 0 Å². The van der Waals surface area contributed by atoms with Crippen LogP contribution in [0.25, 0.3) is 0 Å². The minimum Gasteiger partial charge on any atom is -0.369 e. The molecule has 0 bridgehead atoms. The number of nitrogens with two attached hydrogens (primary N) is 1. The summed E-state index contributed by atoms with van der Waals surface area (Å²) in [5.41, 5.74) is 7.08. The minimum absolute atomic E-state index is 0.193. The van der Waals surface area contributed by atoms with Crippen molar-refractivity contribution in [1.82, 2.24) is 4.98 Å². The fourth-order valence-corrected chi connectivity index (χ4v) is 1.23. The molecule has 0 aliphatic rings. The number of hydrogen-bond donors (Lipinski definition) is 1. The number of hydrogen-bond acceptors (Lipinski definition) is 2. The molecule has 0 saturated carbocycles. The van der Waals surface area contributed by atoms with Crippen LogP contribution in [0, 0.1) is 13.8 Å². The van der Waals surface area contributed by atoms with Crippen LogP contribution in [0.1, 0.15) is 17.2 Å². The molecular weight excluding hydrogens is 166 g/mol. The first-order chi connectivity index (χ1) is 6.00. The summed E-state index contributed by atoms with van der Waals surface area (Å²) in [6.45, 7) is 3.87. The molecule has 0 fully saturated rings. The number of nitrogens with zero attached hydrogens (tertiary/aromatic N) is 2. The Kier molecular flexibility index (Phi) is 2.60. The molecule has 4 heteroatoms. The number of primary amides is 1. The summed E-state index contributed by atoms with van der Waals surface area (Å²) in [5, 5.41) is 0. The molecule has 0 atom stereocenters. The van der Waals surface area contributed by atoms with E-state index in [1.54, 1.807) is 0 Å². The molecule has 0 saturated heterocycles. The van der Waals surface area contributed by atoms with Gasteiger partial charge in [0.2, 0.25) is 5.91 Å². The van der Waals surface area contributed by atoms with Crippen LogP contribution in [-0.2, 0) is 18.3 Å². The third-order valence-electron chi connectivity index (χ3n) is 1.97. The molecule has 0 aromatic carbocycles. The van der Waals surface area contributed by atoms with Crippen LogP contribution in [0.15, 0.2) is 6.07 Å². The van der Waals surface area contributed by atoms with Gasteiger partial charge in [0.05, 0.1) is 7.05 Å². The van der Waals surface area contributed by atoms with Crippen LogP contribution in [0.3, 0.4) is 0 Å². The van der Waals surface area contributed by atoms with E-state index in [0.29, 0.717) is 5.82 Å². The molecule has 4 nitrogen and oxygen atoms in total. The lowest BCUT2D eigenvalue weighted by atomic mass is 10.3. The van der Waals surface area contributed by atoms with Gasteiger partial charge in [0.1, 0.15) is 12.1 Å². The Balaban J connectivity index is 3.12. The quantitative estimate of drug-likeness (QED) is 0.627. The molecular formula is C9H14N3O+. The number of rotatable bonds is 2. The van der Waals surface area contributed by atoms with Gasteiger partial charge in [-0.25, -0.2) is 4.57 Å². The summed E-state index contributed by atoms with van der Waals surface area (Å²) < 4.78 is 1.87. The molecule has 70 valence electrons. The fraction of sp³-hybridized carbons (Fsp3) is 0.444. The number of carbonyl (C=O) groups excluding carboxylic acids is 1. The van der Waals surface area contributed by atoms with Gasteiger partial charge in [-0.1, -0.05) is 4.98 Å². The molecule has 1 aromatic rings. The van der Waals surface area contributed by atoms with Gasteiger partial charge in [-0.3, -0.25) is 4.79 Å². The van der Waals surface area contributed by atoms with Crippen molar-refractivity contribution in [3.8, 4) is 0 Å². The van der Waals surface area contributed by atoms with Gasteiger partial charge < -0.3 is 5.73 Å². The average molecular weight is 180 g/mol. The molecule has 1 aromatic heterocycles. The van der Waals surface area contributed by atoms with Crippen LogP contribution < -0.4 is 10.3 Å². The van der Waals surface area contributed by atoms with Crippen LogP contribution in [0.4, 0.5) is 0 Å². The van der Waals surface area contributed by atoms with Crippen molar-refractivity contribution in [2.45, 2.75) is 20.3 Å². The Morgan fingerprint density at radius 2 is 2.23 bits per heavy atom. The van der Waals surface area contributed by atoms with E-state index < -0.39 is 0 Å². The molecule has 2 N–H and O–H groups in total. The van der Waals surface area contributed by atoms with Gasteiger partial charge in [-0.05, 0) is 6.92 Å². The molecule has 13 heavy (non-hydrogen) atoms. The summed E-state index contributed by atoms with van der Waals surface area (Å²) in [7, 11) is 1.88. The van der Waals surface area contributed by atoms with Crippen molar-refractivity contribution in [2.24, 2.45) is 12.8 Å². The van der Waals surface area contributed by atoms with Crippen LogP contribution >= 0.6 is 0 Å². The molecule has 0 aliphatic heterocycles. The van der Waals surface area contributed by atoms with Gasteiger partial charge in [0, 0.05) is 13.0 Å². The van der Waals surface area contributed by atoms with Crippen LogP contribution in [-0.4, -0.2) is 10.9 Å². The highest BCUT2D eigenvalue weighted by atomic mass is 16.1. The largest absolute Gasteiger partial charge is 0.369 e. The molecule has 1 rings (SSSR count). The monoisotopic (exact) mass is 180 g/mol. The summed E-state index contributed by atoms with van der Waals surface area (Å²) in [5.74, 6) is 0.359. The summed E-state index contributed by atoms with van der Waals surface area (Å²) in [6, 6.07) is 1.96. The standard InChI is InChI=1S/C9H13N3O/c1-6-4-7(2)12(3)9(11-6)5-8(10)13/h4H,5H2,1-3H3,(H-,10,13)/p+1. The van der Waals surface area contributed by atoms with Crippen molar-refractivity contribution in [1.29, 1.82) is 0 Å². The van der Waals surface area contributed by atoms with E-state index in [2.05, 4.69) is 4.98 Å². The topological polar surface area (TPSA) is 59.9 Å². The molecule has 1 heterocycles. The Labute approximate surface area is 77.4 Å². The first-order valence-corrected chi connectivity index (χ1v) is 4.12. The number of amides is 1. The van der Waals surface area contributed by atoms with E-state index in [1.165, 1.54) is 0 Å². The number of aromatic nitrogens is 2. The maximum Gasteiger partial charge on any atom is 0.308 e. The Morgan fingerprint density at radius 1 is 1.62 bits per heavy atom. The highest BCUT2D eigenvalue weighted by Gasteiger charge is 2.15. The highest BCUT2D eigenvalue weighted by Crippen LogP contribution is 1.96. The lowest BCUT2D eigenvalue weighted by Gasteiger charge is -2.00. The molecule has 0 radical (unpaired) electrons. The van der Waals surface area contributed by atoms with Crippen molar-refractivity contribution in [3.05, 3.63) is 23.3 Å². The van der Waals surface area contributed by atoms with E-state index in [0.717, 1.165) is 11.4 Å².